The Morgan fingerprint density at radius 1 is 0.880 bits per heavy atom. The van der Waals surface area contributed by atoms with Crippen LogP contribution in [0.2, 0.25) is 5.02 Å². The monoisotopic (exact) mass is 687 g/mol. The molecule has 0 spiro atoms. The third kappa shape index (κ3) is 9.27. The van der Waals surface area contributed by atoms with Gasteiger partial charge in [0.05, 0.1) is 24.5 Å². The molecular weight excluding hydrogens is 646 g/mol. The number of aromatic nitrogens is 3. The molecule has 0 aliphatic carbocycles. The molecule has 0 aliphatic rings. The highest BCUT2D eigenvalue weighted by Gasteiger charge is 2.18. The molecule has 3 aromatic heterocycles. The number of ether oxygens (including phenoxy) is 1. The van der Waals surface area contributed by atoms with Crippen molar-refractivity contribution in [2.75, 3.05) is 6.61 Å². The molecule has 3 aromatic carbocycles. The molecule has 7 nitrogen and oxygen atoms in total. The van der Waals surface area contributed by atoms with E-state index in [0.717, 1.165) is 44.5 Å². The molecule has 0 aliphatic heterocycles. The van der Waals surface area contributed by atoms with Crippen LogP contribution in [0.3, 0.4) is 0 Å². The number of carboxylic acids is 1. The Kier molecular flexibility index (Phi) is 13.5. The van der Waals surface area contributed by atoms with E-state index < -0.39 is 5.97 Å². The maximum atomic E-state index is 12.4. The molecule has 0 saturated carbocycles. The number of para-hydroxylation sites is 1. The molecule has 50 heavy (non-hydrogen) atoms. The molecule has 0 unspecified atom stereocenters. The van der Waals surface area contributed by atoms with E-state index in [1.165, 1.54) is 0 Å². The number of nitrogens with zero attached hydrogens (tertiary/aromatic N) is 3. The highest BCUT2D eigenvalue weighted by Crippen LogP contribution is 2.24. The first-order chi connectivity index (χ1) is 24.3. The van der Waals surface area contributed by atoms with Gasteiger partial charge in [-0.05, 0) is 73.0 Å². The maximum Gasteiger partial charge on any atom is 0.354 e. The average molecular weight is 688 g/mol. The first-order valence-electron chi connectivity index (χ1n) is 16.5. The fourth-order valence-electron chi connectivity index (χ4n) is 5.39. The van der Waals surface area contributed by atoms with E-state index in [-0.39, 0.29) is 11.7 Å². The molecule has 3 heterocycles. The molecular formula is C42H42ClN3O4. The lowest BCUT2D eigenvalue weighted by molar-refractivity contribution is 0.0514. The maximum absolute atomic E-state index is 12.4. The van der Waals surface area contributed by atoms with Crippen molar-refractivity contribution in [1.82, 2.24) is 14.1 Å². The van der Waals surface area contributed by atoms with E-state index in [2.05, 4.69) is 6.58 Å². The van der Waals surface area contributed by atoms with Crippen LogP contribution in [-0.4, -0.2) is 37.8 Å². The van der Waals surface area contributed by atoms with Crippen molar-refractivity contribution in [3.05, 3.63) is 161 Å². The van der Waals surface area contributed by atoms with E-state index in [1.807, 2.05) is 136 Å². The lowest BCUT2D eigenvalue weighted by Crippen LogP contribution is -2.13. The molecule has 1 N–H and O–H groups in total. The van der Waals surface area contributed by atoms with Gasteiger partial charge in [-0.1, -0.05) is 111 Å². The number of carboxylic acid groups (broad SMARTS) is 1. The zero-order valence-corrected chi connectivity index (χ0v) is 29.6. The third-order valence-electron chi connectivity index (χ3n) is 7.66. The summed E-state index contributed by atoms with van der Waals surface area (Å²) < 4.78 is 8.93. The van der Waals surface area contributed by atoms with Crippen LogP contribution in [0, 0.1) is 0 Å². The Balaban J connectivity index is 0.000000217. The Morgan fingerprint density at radius 2 is 1.58 bits per heavy atom. The second kappa shape index (κ2) is 18.2. The van der Waals surface area contributed by atoms with Crippen molar-refractivity contribution in [1.29, 1.82) is 0 Å². The summed E-state index contributed by atoms with van der Waals surface area (Å²) in [5.41, 5.74) is 7.41. The normalized spacial score (nSPS) is 10.6. The van der Waals surface area contributed by atoms with Gasteiger partial charge in [-0.2, -0.15) is 0 Å². The predicted molar refractivity (Wildman–Crippen MR) is 205 cm³/mol. The highest BCUT2D eigenvalue weighted by atomic mass is 35.5. The summed E-state index contributed by atoms with van der Waals surface area (Å²) in [7, 11) is 0. The number of halogens is 1. The molecule has 6 rings (SSSR count). The molecule has 256 valence electrons. The van der Waals surface area contributed by atoms with Crippen LogP contribution >= 0.6 is 11.6 Å². The fourth-order valence-corrected chi connectivity index (χ4v) is 5.52. The second-order valence-corrected chi connectivity index (χ2v) is 11.4. The second-order valence-electron chi connectivity index (χ2n) is 10.9. The number of pyridine rings is 1. The van der Waals surface area contributed by atoms with Gasteiger partial charge in [-0.25, -0.2) is 9.59 Å². The number of hydrogen-bond donors (Lipinski definition) is 1. The van der Waals surface area contributed by atoms with Crippen LogP contribution in [0.5, 0.6) is 0 Å². The van der Waals surface area contributed by atoms with Crippen molar-refractivity contribution in [2.24, 2.45) is 0 Å². The van der Waals surface area contributed by atoms with Crippen molar-refractivity contribution in [3.63, 3.8) is 0 Å². The van der Waals surface area contributed by atoms with E-state index in [4.69, 9.17) is 21.3 Å². The van der Waals surface area contributed by atoms with E-state index >= 15 is 0 Å². The van der Waals surface area contributed by atoms with Crippen molar-refractivity contribution >= 4 is 46.6 Å². The van der Waals surface area contributed by atoms with Crippen LogP contribution in [0.4, 0.5) is 0 Å². The van der Waals surface area contributed by atoms with Gasteiger partial charge in [0.2, 0.25) is 0 Å². The zero-order chi connectivity index (χ0) is 36.0. The van der Waals surface area contributed by atoms with Gasteiger partial charge in [0.15, 0.2) is 0 Å². The number of hydrogen-bond acceptors (Lipinski definition) is 4. The smallest absolute Gasteiger partial charge is 0.354 e. The predicted octanol–water partition coefficient (Wildman–Crippen LogP) is 10.5. The molecule has 0 fully saturated rings. The van der Waals surface area contributed by atoms with Gasteiger partial charge in [-0.3, -0.25) is 4.98 Å². The molecule has 0 amide bonds. The van der Waals surface area contributed by atoms with Crippen LogP contribution in [0.15, 0.2) is 122 Å². The minimum Gasteiger partial charge on any atom is -0.477 e. The standard InChI is InChI=1S/C22H22N2O2.C18H14ClNO2.C2H6/c1-4-9-19-16(5-2)12-13-18(23-19)15-24-20-11-8-7-10-17(20)14-21(24)22(25)26-6-3;19-16-8-6-13(7-9-16)11-20-12-15(10-17(20)18(21)22)14-4-2-1-3-5-14;1-2/h4-5,7-14H,2,6,15H2,1,3H3;1-10,12H,11H2,(H,21,22);1-2H3/b9-4-;;. The van der Waals surface area contributed by atoms with Crippen LogP contribution in [0.1, 0.15) is 71.2 Å². The minimum atomic E-state index is -0.934. The van der Waals surface area contributed by atoms with Crippen molar-refractivity contribution in [2.45, 2.75) is 40.8 Å². The van der Waals surface area contributed by atoms with Gasteiger partial charge in [-0.15, -0.1) is 0 Å². The Labute approximate surface area is 298 Å². The largest absolute Gasteiger partial charge is 0.477 e. The average Bonchev–Trinajstić information content (AvgIpc) is 3.73. The molecule has 0 radical (unpaired) electrons. The van der Waals surface area contributed by atoms with E-state index in [0.29, 0.717) is 30.4 Å². The number of rotatable bonds is 10. The molecule has 0 saturated heterocycles. The molecule has 6 aromatic rings. The van der Waals surface area contributed by atoms with Gasteiger partial charge in [0, 0.05) is 34.2 Å². The third-order valence-corrected chi connectivity index (χ3v) is 7.92. The highest BCUT2D eigenvalue weighted by molar-refractivity contribution is 6.30. The fraction of sp³-hybridized carbons (Fsp3) is 0.167. The van der Waals surface area contributed by atoms with Crippen molar-refractivity contribution in [3.8, 4) is 11.1 Å². The van der Waals surface area contributed by atoms with Gasteiger partial charge in [0.1, 0.15) is 11.4 Å². The Hall–Kier alpha value is -5.66. The summed E-state index contributed by atoms with van der Waals surface area (Å²) >= 11 is 5.88. The number of aromatic carboxylic acids is 1. The summed E-state index contributed by atoms with van der Waals surface area (Å²) in [5, 5.41) is 11.1. The topological polar surface area (TPSA) is 86.3 Å². The summed E-state index contributed by atoms with van der Waals surface area (Å²) in [6.07, 6.45) is 7.57. The Bertz CT molecular complexity index is 2080. The number of allylic oxidation sites excluding steroid dienone is 1. The molecule has 0 atom stereocenters. The van der Waals surface area contributed by atoms with Gasteiger partial charge in [0.25, 0.3) is 0 Å². The van der Waals surface area contributed by atoms with Gasteiger partial charge >= 0.3 is 11.9 Å². The number of benzene rings is 3. The molecule has 8 heteroatoms. The lowest BCUT2D eigenvalue weighted by Gasteiger charge is -2.11. The van der Waals surface area contributed by atoms with Gasteiger partial charge < -0.3 is 19.0 Å². The molecule has 0 bridgehead atoms. The number of esters is 1. The summed E-state index contributed by atoms with van der Waals surface area (Å²) in [6.45, 7) is 12.9. The number of fused-ring (bicyclic) bond motifs is 1. The van der Waals surface area contributed by atoms with E-state index in [9.17, 15) is 14.7 Å². The summed E-state index contributed by atoms with van der Waals surface area (Å²) in [5.74, 6) is -1.25. The van der Waals surface area contributed by atoms with Crippen LogP contribution < -0.4 is 0 Å². The van der Waals surface area contributed by atoms with Crippen molar-refractivity contribution < 1.29 is 19.4 Å². The van der Waals surface area contributed by atoms with Crippen LogP contribution in [-0.2, 0) is 17.8 Å². The number of carbonyl (C=O) groups is 2. The first-order valence-corrected chi connectivity index (χ1v) is 16.9. The van der Waals surface area contributed by atoms with Crippen LogP contribution in [0.25, 0.3) is 34.2 Å². The Morgan fingerprint density at radius 3 is 2.24 bits per heavy atom. The summed E-state index contributed by atoms with van der Waals surface area (Å²) in [6, 6.07) is 32.6. The summed E-state index contributed by atoms with van der Waals surface area (Å²) in [4.78, 5) is 28.6. The van der Waals surface area contributed by atoms with E-state index in [1.54, 1.807) is 28.8 Å². The SMILES string of the molecule is C=Cc1ccc(Cn2c(C(=O)OCC)cc3ccccc32)nc1/C=C\C.CC.O=C(O)c1cc(-c2ccccc2)cn1Cc1ccc(Cl)cc1. The minimum absolute atomic E-state index is 0.272. The zero-order valence-electron chi connectivity index (χ0n) is 28.8. The number of carbonyl (C=O) groups excluding carboxylic acids is 1. The quantitative estimate of drug-likeness (QED) is 0.145. The lowest BCUT2D eigenvalue weighted by atomic mass is 10.1. The first kappa shape index (κ1) is 37.2.